The smallest absolute Gasteiger partial charge is 0.262 e. The first-order valence-corrected chi connectivity index (χ1v) is 13.2. The highest BCUT2D eigenvalue weighted by Gasteiger charge is 2.31. The first kappa shape index (κ1) is 23.5. The van der Waals surface area contributed by atoms with Crippen molar-refractivity contribution in [3.63, 3.8) is 0 Å². The minimum absolute atomic E-state index is 0.0870. The number of anilines is 1. The maximum Gasteiger partial charge on any atom is 0.262 e. The zero-order chi connectivity index (χ0) is 23.7. The summed E-state index contributed by atoms with van der Waals surface area (Å²) in [7, 11) is 0. The van der Waals surface area contributed by atoms with Gasteiger partial charge in [0.2, 0.25) is 0 Å². The van der Waals surface area contributed by atoms with E-state index < -0.39 is 0 Å². The number of halogens is 1. The van der Waals surface area contributed by atoms with Crippen LogP contribution in [0, 0.1) is 5.82 Å². The lowest BCUT2D eigenvalue weighted by atomic mass is 9.91. The molecule has 0 spiro atoms. The average molecular weight is 485 g/mol. The third-order valence-corrected chi connectivity index (χ3v) is 8.19. The number of hydrogen-bond acceptors (Lipinski definition) is 6. The molecule has 1 saturated heterocycles. The number of aromatic nitrogens is 2. The third-order valence-electron chi connectivity index (χ3n) is 7.03. The summed E-state index contributed by atoms with van der Waals surface area (Å²) in [6.45, 7) is 8.86. The van der Waals surface area contributed by atoms with E-state index in [9.17, 15) is 9.18 Å². The van der Waals surface area contributed by atoms with E-state index in [-0.39, 0.29) is 17.5 Å². The van der Waals surface area contributed by atoms with Crippen LogP contribution in [-0.2, 0) is 24.1 Å². The number of fused-ring (bicyclic) bond motifs is 3. The fourth-order valence-corrected chi connectivity index (χ4v) is 6.49. The summed E-state index contributed by atoms with van der Waals surface area (Å²) < 4.78 is 21.5. The molecule has 3 heterocycles. The van der Waals surface area contributed by atoms with Crippen molar-refractivity contribution in [2.24, 2.45) is 0 Å². The summed E-state index contributed by atoms with van der Waals surface area (Å²) in [5.41, 5.74) is 2.01. The van der Waals surface area contributed by atoms with Crippen molar-refractivity contribution in [3.05, 3.63) is 57.2 Å². The van der Waals surface area contributed by atoms with Crippen molar-refractivity contribution in [1.29, 1.82) is 0 Å². The normalized spacial score (nSPS) is 19.2. The molecule has 0 radical (unpaired) electrons. The Morgan fingerprint density at radius 1 is 1.21 bits per heavy atom. The van der Waals surface area contributed by atoms with Gasteiger partial charge in [0.1, 0.15) is 10.6 Å². The van der Waals surface area contributed by atoms with Gasteiger partial charge >= 0.3 is 0 Å². The van der Waals surface area contributed by atoms with Gasteiger partial charge in [0.15, 0.2) is 0 Å². The highest BCUT2D eigenvalue weighted by Crippen LogP contribution is 2.35. The maximum atomic E-state index is 14.2. The van der Waals surface area contributed by atoms with Crippen molar-refractivity contribution in [3.8, 4) is 0 Å². The van der Waals surface area contributed by atoms with Crippen molar-refractivity contribution in [1.82, 2.24) is 14.5 Å². The minimum Gasteiger partial charge on any atom is -0.379 e. The van der Waals surface area contributed by atoms with Crippen LogP contribution in [0.25, 0.3) is 10.2 Å². The van der Waals surface area contributed by atoms with Gasteiger partial charge < -0.3 is 9.64 Å². The fourth-order valence-electron chi connectivity index (χ4n) is 5.24. The summed E-state index contributed by atoms with van der Waals surface area (Å²) in [6, 6.07) is 7.51. The number of para-hydroxylation sites is 1. The largest absolute Gasteiger partial charge is 0.379 e. The van der Waals surface area contributed by atoms with E-state index in [2.05, 4.69) is 14.8 Å². The van der Waals surface area contributed by atoms with Crippen molar-refractivity contribution >= 4 is 27.2 Å². The number of hydrogen-bond donors (Lipinski definition) is 0. The van der Waals surface area contributed by atoms with Gasteiger partial charge in [-0.3, -0.25) is 14.3 Å². The standard InChI is InChI=1S/C26H33FN4O2S/c1-18(2)33-15-5-10-31-17-28-25-24(26(31)32)20-9-8-19(16-23(20)34-25)29-11-13-30(14-12-29)22-7-4-3-6-21(22)27/h3-4,6-7,17-19H,5,8-16H2,1-2H3/t19-/m0/s1. The molecule has 3 aromatic rings. The Bertz CT molecular complexity index is 1200. The van der Waals surface area contributed by atoms with Crippen molar-refractivity contribution in [2.45, 2.75) is 58.2 Å². The van der Waals surface area contributed by atoms with Crippen LogP contribution in [-0.4, -0.2) is 59.4 Å². The maximum absolute atomic E-state index is 14.2. The predicted molar refractivity (Wildman–Crippen MR) is 136 cm³/mol. The third kappa shape index (κ3) is 4.76. The van der Waals surface area contributed by atoms with E-state index in [1.165, 1.54) is 16.5 Å². The molecule has 1 aliphatic heterocycles. The van der Waals surface area contributed by atoms with Crippen LogP contribution in [0.4, 0.5) is 10.1 Å². The number of ether oxygens (including phenoxy) is 1. The fraction of sp³-hybridized carbons (Fsp3) is 0.538. The molecule has 2 aromatic heterocycles. The van der Waals surface area contributed by atoms with Gasteiger partial charge in [0, 0.05) is 50.2 Å². The zero-order valence-corrected chi connectivity index (χ0v) is 20.8. The Labute approximate surface area is 204 Å². The lowest BCUT2D eigenvalue weighted by Crippen LogP contribution is -2.51. The summed E-state index contributed by atoms with van der Waals surface area (Å²) in [5, 5.41) is 0.829. The SMILES string of the molecule is CC(C)OCCCn1cnc2sc3c(c2c1=O)CC[C@H](N1CCN(c2ccccc2F)CC1)C3. The molecular formula is C26H33FN4O2S. The monoisotopic (exact) mass is 484 g/mol. The number of aryl methyl sites for hydroxylation is 2. The Kier molecular flexibility index (Phi) is 6.99. The first-order chi connectivity index (χ1) is 16.5. The van der Waals surface area contributed by atoms with E-state index in [0.29, 0.717) is 24.9 Å². The molecule has 0 saturated carbocycles. The average Bonchev–Trinajstić information content (AvgIpc) is 3.22. The summed E-state index contributed by atoms with van der Waals surface area (Å²) >= 11 is 1.69. The predicted octanol–water partition coefficient (Wildman–Crippen LogP) is 4.09. The van der Waals surface area contributed by atoms with Crippen LogP contribution >= 0.6 is 11.3 Å². The Morgan fingerprint density at radius 2 is 2.00 bits per heavy atom. The van der Waals surface area contributed by atoms with Gasteiger partial charge in [-0.15, -0.1) is 11.3 Å². The summed E-state index contributed by atoms with van der Waals surface area (Å²) in [4.78, 5) is 24.7. The van der Waals surface area contributed by atoms with Crippen LogP contribution in [0.1, 0.15) is 37.1 Å². The van der Waals surface area contributed by atoms with Crippen LogP contribution in [0.2, 0.25) is 0 Å². The molecule has 5 rings (SSSR count). The molecule has 6 nitrogen and oxygen atoms in total. The van der Waals surface area contributed by atoms with Crippen molar-refractivity contribution < 1.29 is 9.13 Å². The number of thiophene rings is 1. The van der Waals surface area contributed by atoms with Crippen LogP contribution in [0.3, 0.4) is 0 Å². The van der Waals surface area contributed by atoms with Gasteiger partial charge in [-0.05, 0) is 57.2 Å². The van der Waals surface area contributed by atoms with E-state index >= 15 is 0 Å². The highest BCUT2D eigenvalue weighted by atomic mass is 32.1. The van der Waals surface area contributed by atoms with Gasteiger partial charge in [0.25, 0.3) is 5.56 Å². The topological polar surface area (TPSA) is 50.6 Å². The molecule has 8 heteroatoms. The van der Waals surface area contributed by atoms with Crippen molar-refractivity contribution in [2.75, 3.05) is 37.7 Å². The quantitative estimate of drug-likeness (QED) is 0.473. The van der Waals surface area contributed by atoms with Gasteiger partial charge in [-0.2, -0.15) is 0 Å². The minimum atomic E-state index is -0.144. The molecule has 0 bridgehead atoms. The second-order valence-corrected chi connectivity index (χ2v) is 10.7. The Hall–Kier alpha value is -2.29. The molecule has 0 N–H and O–H groups in total. The second kappa shape index (κ2) is 10.1. The number of nitrogens with zero attached hydrogens (tertiary/aromatic N) is 4. The van der Waals surface area contributed by atoms with E-state index in [0.717, 1.165) is 62.1 Å². The second-order valence-electron chi connectivity index (χ2n) is 9.57. The summed E-state index contributed by atoms with van der Waals surface area (Å²) in [6.07, 6.45) is 5.65. The highest BCUT2D eigenvalue weighted by molar-refractivity contribution is 7.18. The number of benzene rings is 1. The van der Waals surface area contributed by atoms with E-state index in [4.69, 9.17) is 4.74 Å². The van der Waals surface area contributed by atoms with Gasteiger partial charge in [-0.25, -0.2) is 9.37 Å². The summed E-state index contributed by atoms with van der Waals surface area (Å²) in [5.74, 6) is -0.144. The van der Waals surface area contributed by atoms with Crippen LogP contribution < -0.4 is 10.5 Å². The molecule has 1 atom stereocenters. The first-order valence-electron chi connectivity index (χ1n) is 12.4. The van der Waals surface area contributed by atoms with E-state index in [1.54, 1.807) is 28.3 Å². The van der Waals surface area contributed by atoms with Gasteiger partial charge in [-0.1, -0.05) is 12.1 Å². The zero-order valence-electron chi connectivity index (χ0n) is 20.0. The Balaban J connectivity index is 1.25. The molecule has 1 aromatic carbocycles. The van der Waals surface area contributed by atoms with E-state index in [1.807, 2.05) is 26.0 Å². The molecule has 1 fully saturated rings. The molecule has 182 valence electrons. The molecule has 0 amide bonds. The van der Waals surface area contributed by atoms with Crippen LogP contribution in [0.5, 0.6) is 0 Å². The molecule has 1 aliphatic carbocycles. The number of rotatable bonds is 7. The van der Waals surface area contributed by atoms with Crippen LogP contribution in [0.15, 0.2) is 35.4 Å². The molecular weight excluding hydrogens is 451 g/mol. The lowest BCUT2D eigenvalue weighted by molar-refractivity contribution is 0.0747. The van der Waals surface area contributed by atoms with Gasteiger partial charge in [0.05, 0.1) is 23.5 Å². The molecule has 0 unspecified atom stereocenters. The Morgan fingerprint density at radius 3 is 2.76 bits per heavy atom. The molecule has 34 heavy (non-hydrogen) atoms. The molecule has 2 aliphatic rings. The lowest BCUT2D eigenvalue weighted by Gasteiger charge is -2.41. The number of piperazine rings is 1.